The highest BCUT2D eigenvalue weighted by Gasteiger charge is 2.18. The quantitative estimate of drug-likeness (QED) is 0.444. The number of nitrogens with zero attached hydrogens (tertiary/aromatic N) is 2. The van der Waals surface area contributed by atoms with Crippen LogP contribution in [0.25, 0.3) is 0 Å². The van der Waals surface area contributed by atoms with Gasteiger partial charge in [-0.2, -0.15) is 10.4 Å². The van der Waals surface area contributed by atoms with Gasteiger partial charge in [-0.15, -0.1) is 0 Å². The van der Waals surface area contributed by atoms with Crippen LogP contribution in [0, 0.1) is 17.2 Å². The molecule has 4 nitrogen and oxygen atoms in total. The molecule has 0 aliphatic carbocycles. The van der Waals surface area contributed by atoms with Gasteiger partial charge in [0.15, 0.2) is 5.92 Å². The highest BCUT2D eigenvalue weighted by Crippen LogP contribution is 1.94. The third kappa shape index (κ3) is 0.540. The Labute approximate surface area is 45.8 Å². The average molecular weight is 109 g/mol. The molecule has 0 saturated heterocycles. The molecule has 1 rings (SSSR count). The van der Waals surface area contributed by atoms with Gasteiger partial charge in [0, 0.05) is 0 Å². The van der Waals surface area contributed by atoms with Crippen molar-refractivity contribution in [3.05, 3.63) is 0 Å². The maximum Gasteiger partial charge on any atom is 0.262 e. The Morgan fingerprint density at radius 1 is 2.00 bits per heavy atom. The molecule has 0 spiro atoms. The predicted molar refractivity (Wildman–Crippen MR) is 25.7 cm³/mol. The highest BCUT2D eigenvalue weighted by atomic mass is 16.2. The van der Waals surface area contributed by atoms with Crippen LogP contribution in [-0.2, 0) is 4.79 Å². The fourth-order valence-electron chi connectivity index (χ4n) is 0.405. The van der Waals surface area contributed by atoms with Crippen molar-refractivity contribution < 1.29 is 4.79 Å². The van der Waals surface area contributed by atoms with E-state index in [2.05, 4.69) is 10.5 Å². The third-order valence-corrected chi connectivity index (χ3v) is 0.820. The van der Waals surface area contributed by atoms with Crippen molar-refractivity contribution in [1.29, 1.82) is 5.26 Å². The van der Waals surface area contributed by atoms with Crippen molar-refractivity contribution in [2.75, 3.05) is 0 Å². The van der Waals surface area contributed by atoms with Crippen LogP contribution >= 0.6 is 0 Å². The first-order valence-corrected chi connectivity index (χ1v) is 2.07. The first kappa shape index (κ1) is 4.78. The minimum Gasteiger partial charge on any atom is -0.271 e. The van der Waals surface area contributed by atoms with E-state index in [9.17, 15) is 4.79 Å². The lowest BCUT2D eigenvalue weighted by molar-refractivity contribution is -0.120. The minimum atomic E-state index is -0.671. The van der Waals surface area contributed by atoms with Gasteiger partial charge in [0.2, 0.25) is 0 Å². The molecule has 1 unspecified atom stereocenters. The summed E-state index contributed by atoms with van der Waals surface area (Å²) >= 11 is 0. The Balaban J connectivity index is 2.71. The molecular weight excluding hydrogens is 106 g/mol. The molecule has 0 aromatic carbocycles. The van der Waals surface area contributed by atoms with Crippen LogP contribution in [0.5, 0.6) is 0 Å². The first-order valence-electron chi connectivity index (χ1n) is 2.07. The molecule has 0 aromatic heterocycles. The lowest BCUT2D eigenvalue weighted by Gasteiger charge is -1.85. The van der Waals surface area contributed by atoms with Gasteiger partial charge in [0.1, 0.15) is 0 Å². The molecule has 1 aliphatic heterocycles. The van der Waals surface area contributed by atoms with Crippen LogP contribution < -0.4 is 5.43 Å². The van der Waals surface area contributed by atoms with Crippen molar-refractivity contribution in [2.24, 2.45) is 11.0 Å². The largest absolute Gasteiger partial charge is 0.271 e. The number of hydrogen-bond donors (Lipinski definition) is 1. The fourth-order valence-corrected chi connectivity index (χ4v) is 0.405. The lowest BCUT2D eigenvalue weighted by atomic mass is 10.2. The van der Waals surface area contributed by atoms with Crippen LogP contribution in [0.1, 0.15) is 0 Å². The fraction of sp³-hybridized carbons (Fsp3) is 0.250. The summed E-state index contributed by atoms with van der Waals surface area (Å²) < 4.78 is 0. The van der Waals surface area contributed by atoms with Gasteiger partial charge in [-0.25, -0.2) is 5.43 Å². The zero-order valence-electron chi connectivity index (χ0n) is 3.96. The van der Waals surface area contributed by atoms with E-state index in [0.717, 1.165) is 0 Å². The molecule has 1 atom stereocenters. The molecule has 0 saturated carbocycles. The standard InChI is InChI=1S/C4H3N3O/c5-1-3-2-6-7-4(3)8/h2-3H,(H,7,8). The predicted octanol–water partition coefficient (Wildman–Crippen LogP) is -0.758. The number of hydrogen-bond acceptors (Lipinski definition) is 3. The molecule has 8 heavy (non-hydrogen) atoms. The average Bonchev–Trinajstić information content (AvgIpc) is 2.14. The summed E-state index contributed by atoms with van der Waals surface area (Å²) in [5, 5.41) is 11.5. The summed E-state index contributed by atoms with van der Waals surface area (Å²) in [5.74, 6) is -1.01. The number of carbonyl (C=O) groups excluding carboxylic acids is 1. The van der Waals surface area contributed by atoms with E-state index in [-0.39, 0.29) is 5.91 Å². The molecule has 1 aliphatic rings. The van der Waals surface area contributed by atoms with Crippen LogP contribution in [0.2, 0.25) is 0 Å². The summed E-state index contributed by atoms with van der Waals surface area (Å²) in [5.41, 5.74) is 2.13. The smallest absolute Gasteiger partial charge is 0.262 e. The Morgan fingerprint density at radius 2 is 2.75 bits per heavy atom. The summed E-state index contributed by atoms with van der Waals surface area (Å²) in [6.45, 7) is 0. The molecular formula is C4H3N3O. The summed E-state index contributed by atoms with van der Waals surface area (Å²) in [4.78, 5) is 10.3. The summed E-state index contributed by atoms with van der Waals surface area (Å²) in [6, 6.07) is 1.75. The van der Waals surface area contributed by atoms with Crippen LogP contribution in [-0.4, -0.2) is 12.1 Å². The normalized spacial score (nSPS) is 24.9. The number of rotatable bonds is 0. The van der Waals surface area contributed by atoms with Crippen molar-refractivity contribution >= 4 is 12.1 Å². The topological polar surface area (TPSA) is 65.2 Å². The number of amides is 1. The second-order valence-electron chi connectivity index (χ2n) is 1.36. The Kier molecular flexibility index (Phi) is 0.968. The van der Waals surface area contributed by atoms with Gasteiger partial charge in [0.25, 0.3) is 5.91 Å². The molecule has 1 heterocycles. The van der Waals surface area contributed by atoms with Crippen molar-refractivity contribution in [2.45, 2.75) is 0 Å². The molecule has 40 valence electrons. The van der Waals surface area contributed by atoms with Gasteiger partial charge < -0.3 is 0 Å². The maximum absolute atomic E-state index is 10.3. The van der Waals surface area contributed by atoms with Gasteiger partial charge in [-0.1, -0.05) is 0 Å². The minimum absolute atomic E-state index is 0.340. The van der Waals surface area contributed by atoms with Crippen LogP contribution in [0.15, 0.2) is 5.10 Å². The van der Waals surface area contributed by atoms with E-state index >= 15 is 0 Å². The molecule has 4 heteroatoms. The summed E-state index contributed by atoms with van der Waals surface area (Å²) in [7, 11) is 0. The zero-order chi connectivity index (χ0) is 5.98. The summed E-state index contributed by atoms with van der Waals surface area (Å²) in [6.07, 6.45) is 1.28. The van der Waals surface area contributed by atoms with E-state index in [1.54, 1.807) is 6.07 Å². The molecule has 0 bridgehead atoms. The van der Waals surface area contributed by atoms with Crippen LogP contribution in [0.3, 0.4) is 0 Å². The number of nitriles is 1. The second-order valence-corrected chi connectivity index (χ2v) is 1.36. The van der Waals surface area contributed by atoms with Gasteiger partial charge in [0.05, 0.1) is 12.3 Å². The maximum atomic E-state index is 10.3. The van der Waals surface area contributed by atoms with E-state index in [1.807, 2.05) is 0 Å². The van der Waals surface area contributed by atoms with Gasteiger partial charge in [-0.05, 0) is 0 Å². The SMILES string of the molecule is N#CC1C=NNC1=O. The van der Waals surface area contributed by atoms with E-state index in [0.29, 0.717) is 0 Å². The molecule has 1 N–H and O–H groups in total. The third-order valence-electron chi connectivity index (χ3n) is 0.820. The number of nitrogens with one attached hydrogen (secondary N) is 1. The molecule has 0 radical (unpaired) electrons. The van der Waals surface area contributed by atoms with Crippen molar-refractivity contribution in [1.82, 2.24) is 5.43 Å². The van der Waals surface area contributed by atoms with Gasteiger partial charge in [-0.3, -0.25) is 4.79 Å². The molecule has 0 fully saturated rings. The highest BCUT2D eigenvalue weighted by molar-refractivity contribution is 5.99. The van der Waals surface area contributed by atoms with Crippen molar-refractivity contribution in [3.63, 3.8) is 0 Å². The Morgan fingerprint density at radius 3 is 3.00 bits per heavy atom. The molecule has 1 amide bonds. The first-order chi connectivity index (χ1) is 3.84. The van der Waals surface area contributed by atoms with E-state index < -0.39 is 5.92 Å². The van der Waals surface area contributed by atoms with Crippen LogP contribution in [0.4, 0.5) is 0 Å². The Hall–Kier alpha value is -1.37. The zero-order valence-corrected chi connectivity index (χ0v) is 3.96. The lowest BCUT2D eigenvalue weighted by Crippen LogP contribution is -2.17. The number of hydrazone groups is 1. The van der Waals surface area contributed by atoms with E-state index in [1.165, 1.54) is 6.21 Å². The number of carbonyl (C=O) groups is 1. The van der Waals surface area contributed by atoms with E-state index in [4.69, 9.17) is 5.26 Å². The second kappa shape index (κ2) is 1.62. The Bertz CT molecular complexity index is 178. The molecule has 0 aromatic rings. The monoisotopic (exact) mass is 109 g/mol. The van der Waals surface area contributed by atoms with Crippen molar-refractivity contribution in [3.8, 4) is 6.07 Å². The van der Waals surface area contributed by atoms with Gasteiger partial charge >= 0.3 is 0 Å².